The Labute approximate surface area is 77.7 Å². The highest BCUT2D eigenvalue weighted by atomic mass is 16.1. The molecule has 70 valence electrons. The average molecular weight is 179 g/mol. The van der Waals surface area contributed by atoms with Crippen LogP contribution in [-0.4, -0.2) is 36.4 Å². The zero-order valence-electron chi connectivity index (χ0n) is 7.57. The van der Waals surface area contributed by atoms with Crippen molar-refractivity contribution in [1.82, 2.24) is 4.90 Å². The normalized spacial score (nSPS) is 18.6. The van der Waals surface area contributed by atoms with Crippen LogP contribution >= 0.6 is 0 Å². The second-order valence-corrected chi connectivity index (χ2v) is 2.80. The lowest BCUT2D eigenvalue weighted by atomic mass is 10.1. The largest absolute Gasteiger partial charge is 0.340 e. The highest BCUT2D eigenvalue weighted by molar-refractivity contribution is 5.87. The summed E-state index contributed by atoms with van der Waals surface area (Å²) in [5.41, 5.74) is 0. The molecular weight excluding hydrogens is 166 g/mol. The van der Waals surface area contributed by atoms with Gasteiger partial charge in [-0.3, -0.25) is 4.79 Å². The fourth-order valence-corrected chi connectivity index (χ4v) is 1.26. The molecule has 4 nitrogen and oxygen atoms in total. The molecule has 0 N–H and O–H groups in total. The molecule has 4 heteroatoms. The second kappa shape index (κ2) is 4.54. The minimum Gasteiger partial charge on any atom is -0.340 e. The molecule has 0 saturated carbocycles. The highest BCUT2D eigenvalue weighted by Gasteiger charge is 2.17. The topological polar surface area (TPSA) is 45.0 Å². The van der Waals surface area contributed by atoms with Gasteiger partial charge < -0.3 is 4.90 Å². The monoisotopic (exact) mass is 179 g/mol. The van der Waals surface area contributed by atoms with Crippen molar-refractivity contribution in [3.05, 3.63) is 12.8 Å². The summed E-state index contributed by atoms with van der Waals surface area (Å²) in [4.78, 5) is 20.6. The van der Waals surface area contributed by atoms with E-state index < -0.39 is 0 Å². The standard InChI is InChI=1S/C9H13N3O/c1-3-11-9(10-2)12-6-4-8(13)5-7-12/h3H,1-2,4-7H2. The Kier molecular flexibility index (Phi) is 3.37. The summed E-state index contributed by atoms with van der Waals surface area (Å²) in [5.74, 6) is 0.862. The Morgan fingerprint density at radius 3 is 2.54 bits per heavy atom. The van der Waals surface area contributed by atoms with Crippen molar-refractivity contribution < 1.29 is 4.79 Å². The molecule has 1 aliphatic rings. The van der Waals surface area contributed by atoms with Crippen molar-refractivity contribution in [2.75, 3.05) is 13.1 Å². The zero-order valence-corrected chi connectivity index (χ0v) is 7.57. The molecule has 1 rings (SSSR count). The number of carbonyl (C=O) groups is 1. The Morgan fingerprint density at radius 1 is 1.46 bits per heavy atom. The van der Waals surface area contributed by atoms with E-state index in [2.05, 4.69) is 23.3 Å². The third-order valence-electron chi connectivity index (χ3n) is 1.95. The molecule has 1 fully saturated rings. The number of carbonyl (C=O) groups excluding carboxylic acids is 1. The van der Waals surface area contributed by atoms with Crippen LogP contribution < -0.4 is 0 Å². The Morgan fingerprint density at radius 2 is 2.08 bits per heavy atom. The van der Waals surface area contributed by atoms with Gasteiger partial charge in [-0.1, -0.05) is 6.58 Å². The number of nitrogens with zero attached hydrogens (tertiary/aromatic N) is 3. The van der Waals surface area contributed by atoms with Gasteiger partial charge in [0.25, 0.3) is 0 Å². The van der Waals surface area contributed by atoms with Gasteiger partial charge in [0.1, 0.15) is 5.78 Å². The fourth-order valence-electron chi connectivity index (χ4n) is 1.26. The fraction of sp³-hybridized carbons (Fsp3) is 0.444. The number of rotatable bonds is 1. The Bertz CT molecular complexity index is 248. The average Bonchev–Trinajstić information content (AvgIpc) is 2.16. The van der Waals surface area contributed by atoms with Crippen molar-refractivity contribution in [3.8, 4) is 0 Å². The van der Waals surface area contributed by atoms with Crippen molar-refractivity contribution >= 4 is 18.5 Å². The van der Waals surface area contributed by atoms with E-state index in [9.17, 15) is 4.79 Å². The molecule has 0 aliphatic carbocycles. The van der Waals surface area contributed by atoms with Crippen molar-refractivity contribution in [1.29, 1.82) is 0 Å². The first-order valence-corrected chi connectivity index (χ1v) is 4.20. The maximum Gasteiger partial charge on any atom is 0.224 e. The first-order valence-electron chi connectivity index (χ1n) is 4.20. The maximum absolute atomic E-state index is 10.9. The minimum atomic E-state index is 0.304. The number of hydrogen-bond donors (Lipinski definition) is 0. The molecule has 0 radical (unpaired) electrons. The van der Waals surface area contributed by atoms with Gasteiger partial charge in [0, 0.05) is 32.1 Å². The first-order chi connectivity index (χ1) is 6.27. The summed E-state index contributed by atoms with van der Waals surface area (Å²) in [5, 5.41) is 0. The first kappa shape index (κ1) is 9.64. The van der Waals surface area contributed by atoms with Crippen molar-refractivity contribution in [2.45, 2.75) is 12.8 Å². The molecule has 0 amide bonds. The van der Waals surface area contributed by atoms with Crippen molar-refractivity contribution in [3.63, 3.8) is 0 Å². The highest BCUT2D eigenvalue weighted by Crippen LogP contribution is 2.07. The van der Waals surface area contributed by atoms with Crippen LogP contribution in [-0.2, 0) is 4.79 Å². The van der Waals surface area contributed by atoms with Gasteiger partial charge in [-0.2, -0.15) is 0 Å². The maximum atomic E-state index is 10.9. The van der Waals surface area contributed by atoms with E-state index in [4.69, 9.17) is 0 Å². The molecule has 0 aromatic carbocycles. The third-order valence-corrected chi connectivity index (χ3v) is 1.95. The molecular formula is C9H13N3O. The minimum absolute atomic E-state index is 0.304. The van der Waals surface area contributed by atoms with Gasteiger partial charge in [0.2, 0.25) is 5.96 Å². The van der Waals surface area contributed by atoms with Crippen LogP contribution in [0.3, 0.4) is 0 Å². The lowest BCUT2D eigenvalue weighted by Crippen LogP contribution is -2.37. The SMILES string of the molecule is C=CN=C(N=C)N1CCC(=O)CC1. The van der Waals surface area contributed by atoms with Crippen molar-refractivity contribution in [2.24, 2.45) is 9.98 Å². The van der Waals surface area contributed by atoms with Gasteiger partial charge in [0.15, 0.2) is 0 Å². The van der Waals surface area contributed by atoms with Gasteiger partial charge in [-0.25, -0.2) is 9.98 Å². The third kappa shape index (κ3) is 2.50. The number of likely N-dealkylation sites (tertiary alicyclic amines) is 1. The van der Waals surface area contributed by atoms with Crippen LogP contribution in [0, 0.1) is 0 Å². The van der Waals surface area contributed by atoms with Gasteiger partial charge in [-0.05, 0) is 6.72 Å². The van der Waals surface area contributed by atoms with Crippen LogP contribution in [0.4, 0.5) is 0 Å². The predicted octanol–water partition coefficient (Wildman–Crippen LogP) is 0.851. The summed E-state index contributed by atoms with van der Waals surface area (Å²) in [6, 6.07) is 0. The molecule has 0 aromatic heterocycles. The predicted molar refractivity (Wildman–Crippen MR) is 53.0 cm³/mol. The number of piperidine rings is 1. The van der Waals surface area contributed by atoms with E-state index in [0.29, 0.717) is 37.7 Å². The summed E-state index contributed by atoms with van der Waals surface area (Å²) in [7, 11) is 0. The molecule has 0 spiro atoms. The number of guanidine groups is 1. The second-order valence-electron chi connectivity index (χ2n) is 2.80. The van der Waals surface area contributed by atoms with E-state index in [-0.39, 0.29) is 0 Å². The van der Waals surface area contributed by atoms with E-state index in [1.54, 1.807) is 0 Å². The summed E-state index contributed by atoms with van der Waals surface area (Å²) in [6.45, 7) is 8.28. The van der Waals surface area contributed by atoms with E-state index in [1.165, 1.54) is 6.20 Å². The van der Waals surface area contributed by atoms with Gasteiger partial charge in [-0.15, -0.1) is 0 Å². The molecule has 1 saturated heterocycles. The number of ketones is 1. The number of Topliss-reactive ketones (excluding diaryl/α,β-unsaturated/α-hetero) is 1. The quantitative estimate of drug-likeness (QED) is 0.442. The zero-order chi connectivity index (χ0) is 9.68. The molecule has 1 heterocycles. The van der Waals surface area contributed by atoms with E-state index >= 15 is 0 Å². The van der Waals surface area contributed by atoms with Crippen LogP contribution in [0.5, 0.6) is 0 Å². The van der Waals surface area contributed by atoms with Gasteiger partial charge in [0.05, 0.1) is 0 Å². The summed E-state index contributed by atoms with van der Waals surface area (Å²) >= 11 is 0. The molecule has 13 heavy (non-hydrogen) atoms. The van der Waals surface area contributed by atoms with E-state index in [0.717, 1.165) is 0 Å². The molecule has 0 bridgehead atoms. The smallest absolute Gasteiger partial charge is 0.224 e. The van der Waals surface area contributed by atoms with Gasteiger partial charge >= 0.3 is 0 Å². The van der Waals surface area contributed by atoms with Crippen LogP contribution in [0.15, 0.2) is 22.8 Å². The molecule has 1 aliphatic heterocycles. The van der Waals surface area contributed by atoms with Crippen LogP contribution in [0.1, 0.15) is 12.8 Å². The van der Waals surface area contributed by atoms with Crippen LogP contribution in [0.2, 0.25) is 0 Å². The lowest BCUT2D eigenvalue weighted by molar-refractivity contribution is -0.120. The Balaban J connectivity index is 2.60. The molecule has 0 unspecified atom stereocenters. The number of hydrogen-bond acceptors (Lipinski definition) is 2. The summed E-state index contributed by atoms with van der Waals surface area (Å²) < 4.78 is 0. The Hall–Kier alpha value is -1.45. The van der Waals surface area contributed by atoms with E-state index in [1.807, 2.05) is 4.90 Å². The lowest BCUT2D eigenvalue weighted by Gasteiger charge is -2.26. The molecule has 0 atom stereocenters. The molecule has 0 aromatic rings. The number of aliphatic imine (C=N–C) groups is 2. The summed E-state index contributed by atoms with van der Waals surface area (Å²) in [6.07, 6.45) is 2.58. The van der Waals surface area contributed by atoms with Crippen LogP contribution in [0.25, 0.3) is 0 Å².